The lowest BCUT2D eigenvalue weighted by molar-refractivity contribution is 0.0559. The van der Waals surface area contributed by atoms with Gasteiger partial charge in [0.25, 0.3) is 0 Å². The number of anilines is 1. The number of halogens is 1. The SMILES string of the molecule is CC(C)(C)OC(=O)N(c1cncc(Cl)n1)C1CCCNC1. The van der Waals surface area contributed by atoms with Gasteiger partial charge < -0.3 is 10.1 Å². The molecule has 1 aliphatic rings. The van der Waals surface area contributed by atoms with Crippen LogP contribution < -0.4 is 10.2 Å². The van der Waals surface area contributed by atoms with Crippen molar-refractivity contribution in [2.45, 2.75) is 45.3 Å². The van der Waals surface area contributed by atoms with E-state index >= 15 is 0 Å². The van der Waals surface area contributed by atoms with Crippen LogP contribution >= 0.6 is 11.6 Å². The molecule has 0 spiro atoms. The number of carbonyl (C=O) groups excluding carboxylic acids is 1. The van der Waals surface area contributed by atoms with Crippen LogP contribution in [0.15, 0.2) is 12.4 Å². The standard InChI is InChI=1S/C14H21ClN4O2/c1-14(2,3)21-13(20)19(10-5-4-6-16-7-10)12-9-17-8-11(15)18-12/h8-10,16H,4-7H2,1-3H3. The molecule has 7 heteroatoms. The van der Waals surface area contributed by atoms with Crippen LogP contribution in [0.25, 0.3) is 0 Å². The largest absolute Gasteiger partial charge is 0.443 e. The molecule has 1 aromatic heterocycles. The lowest BCUT2D eigenvalue weighted by atomic mass is 10.1. The highest BCUT2D eigenvalue weighted by Gasteiger charge is 2.31. The summed E-state index contributed by atoms with van der Waals surface area (Å²) in [5.41, 5.74) is -0.566. The maximum Gasteiger partial charge on any atom is 0.416 e. The summed E-state index contributed by atoms with van der Waals surface area (Å²) in [4.78, 5) is 22.3. The summed E-state index contributed by atoms with van der Waals surface area (Å²) in [5.74, 6) is 0.422. The monoisotopic (exact) mass is 312 g/mol. The van der Waals surface area contributed by atoms with Gasteiger partial charge in [-0.1, -0.05) is 11.6 Å². The van der Waals surface area contributed by atoms with E-state index in [2.05, 4.69) is 15.3 Å². The first-order chi connectivity index (χ1) is 9.87. The maximum absolute atomic E-state index is 12.5. The Hall–Kier alpha value is -1.40. The van der Waals surface area contributed by atoms with E-state index in [-0.39, 0.29) is 11.2 Å². The molecule has 0 aromatic carbocycles. The Kier molecular flexibility index (Phi) is 5.00. The van der Waals surface area contributed by atoms with Crippen molar-refractivity contribution in [1.82, 2.24) is 15.3 Å². The van der Waals surface area contributed by atoms with Gasteiger partial charge in [-0.3, -0.25) is 9.88 Å². The lowest BCUT2D eigenvalue weighted by Gasteiger charge is -2.34. The van der Waals surface area contributed by atoms with E-state index in [1.807, 2.05) is 20.8 Å². The highest BCUT2D eigenvalue weighted by atomic mass is 35.5. The van der Waals surface area contributed by atoms with Gasteiger partial charge in [-0.25, -0.2) is 9.78 Å². The van der Waals surface area contributed by atoms with Crippen LogP contribution in [0.2, 0.25) is 5.15 Å². The van der Waals surface area contributed by atoms with E-state index in [1.54, 1.807) is 4.90 Å². The summed E-state index contributed by atoms with van der Waals surface area (Å²) < 4.78 is 5.50. The molecule has 0 aliphatic carbocycles. The Morgan fingerprint density at radius 2 is 2.24 bits per heavy atom. The zero-order valence-corrected chi connectivity index (χ0v) is 13.4. The van der Waals surface area contributed by atoms with Crippen LogP contribution in [0.3, 0.4) is 0 Å². The molecule has 1 unspecified atom stereocenters. The molecule has 2 rings (SSSR count). The first-order valence-corrected chi connectivity index (χ1v) is 7.45. The second-order valence-corrected chi connectivity index (χ2v) is 6.44. The number of ether oxygens (including phenoxy) is 1. The molecule has 1 aromatic rings. The Labute approximate surface area is 129 Å². The summed E-state index contributed by atoms with van der Waals surface area (Å²) >= 11 is 5.90. The zero-order chi connectivity index (χ0) is 15.5. The molecule has 6 nitrogen and oxygen atoms in total. The lowest BCUT2D eigenvalue weighted by Crippen LogP contribution is -2.50. The average Bonchev–Trinajstić information content (AvgIpc) is 2.38. The van der Waals surface area contributed by atoms with E-state index in [1.165, 1.54) is 12.4 Å². The minimum atomic E-state index is -0.566. The molecule has 2 heterocycles. The van der Waals surface area contributed by atoms with Crippen molar-refractivity contribution in [3.8, 4) is 0 Å². The van der Waals surface area contributed by atoms with Crippen LogP contribution in [-0.2, 0) is 4.74 Å². The van der Waals surface area contributed by atoms with E-state index in [0.29, 0.717) is 12.4 Å². The third kappa shape index (κ3) is 4.54. The molecule has 1 atom stereocenters. The van der Waals surface area contributed by atoms with Gasteiger partial charge in [0.05, 0.1) is 18.4 Å². The topological polar surface area (TPSA) is 67.3 Å². The van der Waals surface area contributed by atoms with Crippen LogP contribution in [0.5, 0.6) is 0 Å². The van der Waals surface area contributed by atoms with Gasteiger partial charge in [-0.2, -0.15) is 0 Å². The first kappa shape index (κ1) is 16.0. The number of nitrogens with zero attached hydrogens (tertiary/aromatic N) is 3. The van der Waals surface area contributed by atoms with Crippen molar-refractivity contribution in [3.05, 3.63) is 17.5 Å². The number of piperidine rings is 1. The Morgan fingerprint density at radius 3 is 2.81 bits per heavy atom. The molecule has 1 amide bonds. The number of rotatable bonds is 2. The van der Waals surface area contributed by atoms with Gasteiger partial charge in [-0.15, -0.1) is 0 Å². The Balaban J connectivity index is 2.27. The molecular formula is C14H21ClN4O2. The number of nitrogens with one attached hydrogen (secondary N) is 1. The molecule has 0 bridgehead atoms. The second-order valence-electron chi connectivity index (χ2n) is 6.05. The van der Waals surface area contributed by atoms with Crippen LogP contribution in [0.1, 0.15) is 33.6 Å². The quantitative estimate of drug-likeness (QED) is 0.909. The fourth-order valence-corrected chi connectivity index (χ4v) is 2.39. The van der Waals surface area contributed by atoms with Gasteiger partial charge in [0.2, 0.25) is 0 Å². The fourth-order valence-electron chi connectivity index (χ4n) is 2.24. The smallest absolute Gasteiger partial charge is 0.416 e. The van der Waals surface area contributed by atoms with Gasteiger partial charge in [0.15, 0.2) is 5.82 Å². The molecular weight excluding hydrogens is 292 g/mol. The van der Waals surface area contributed by atoms with Gasteiger partial charge in [0, 0.05) is 6.54 Å². The molecule has 1 saturated heterocycles. The minimum absolute atomic E-state index is 0.0126. The van der Waals surface area contributed by atoms with Crippen molar-refractivity contribution in [2.24, 2.45) is 0 Å². The molecule has 1 aliphatic heterocycles. The normalized spacial score (nSPS) is 19.1. The third-order valence-corrected chi connectivity index (χ3v) is 3.25. The van der Waals surface area contributed by atoms with Crippen molar-refractivity contribution in [1.29, 1.82) is 0 Å². The molecule has 1 fully saturated rings. The third-order valence-electron chi connectivity index (χ3n) is 3.07. The summed E-state index contributed by atoms with van der Waals surface area (Å²) in [7, 11) is 0. The van der Waals surface area contributed by atoms with Crippen molar-refractivity contribution < 1.29 is 9.53 Å². The number of aromatic nitrogens is 2. The number of carbonyl (C=O) groups is 1. The van der Waals surface area contributed by atoms with Crippen LogP contribution in [0.4, 0.5) is 10.6 Å². The van der Waals surface area contributed by atoms with E-state index in [9.17, 15) is 4.79 Å². The van der Waals surface area contributed by atoms with Crippen LogP contribution in [-0.4, -0.2) is 40.8 Å². The second kappa shape index (κ2) is 6.58. The van der Waals surface area contributed by atoms with E-state index in [0.717, 1.165) is 19.4 Å². The molecule has 0 saturated carbocycles. The Morgan fingerprint density at radius 1 is 1.48 bits per heavy atom. The Bertz CT molecular complexity index is 498. The number of hydrogen-bond donors (Lipinski definition) is 1. The maximum atomic E-state index is 12.5. The van der Waals surface area contributed by atoms with Crippen LogP contribution in [0, 0.1) is 0 Å². The highest BCUT2D eigenvalue weighted by molar-refractivity contribution is 6.29. The summed E-state index contributed by atoms with van der Waals surface area (Å²) in [6, 6.07) is -0.0126. The molecule has 21 heavy (non-hydrogen) atoms. The van der Waals surface area contributed by atoms with Gasteiger partial charge in [-0.05, 0) is 40.2 Å². The fraction of sp³-hybridized carbons (Fsp3) is 0.643. The molecule has 0 radical (unpaired) electrons. The number of hydrogen-bond acceptors (Lipinski definition) is 5. The van der Waals surface area contributed by atoms with Crippen molar-refractivity contribution in [2.75, 3.05) is 18.0 Å². The van der Waals surface area contributed by atoms with Crippen molar-refractivity contribution >= 4 is 23.5 Å². The van der Waals surface area contributed by atoms with Crippen molar-refractivity contribution in [3.63, 3.8) is 0 Å². The van der Waals surface area contributed by atoms with E-state index < -0.39 is 11.7 Å². The molecule has 1 N–H and O–H groups in total. The number of amides is 1. The average molecular weight is 313 g/mol. The van der Waals surface area contributed by atoms with E-state index in [4.69, 9.17) is 16.3 Å². The summed E-state index contributed by atoms with van der Waals surface area (Å²) in [5, 5.41) is 3.54. The van der Waals surface area contributed by atoms with Gasteiger partial charge >= 0.3 is 6.09 Å². The summed E-state index contributed by atoms with van der Waals surface area (Å²) in [6.07, 6.45) is 4.44. The first-order valence-electron chi connectivity index (χ1n) is 7.07. The minimum Gasteiger partial charge on any atom is -0.443 e. The van der Waals surface area contributed by atoms with Gasteiger partial charge in [0.1, 0.15) is 10.8 Å². The summed E-state index contributed by atoms with van der Waals surface area (Å²) in [6.45, 7) is 7.18. The highest BCUT2D eigenvalue weighted by Crippen LogP contribution is 2.22. The molecule has 116 valence electrons. The zero-order valence-electron chi connectivity index (χ0n) is 12.6. The predicted octanol–water partition coefficient (Wildman–Crippen LogP) is 2.62. The predicted molar refractivity (Wildman–Crippen MR) is 81.6 cm³/mol.